The minimum absolute atomic E-state index is 0.0300. The van der Waals surface area contributed by atoms with E-state index in [1.165, 1.54) is 19.3 Å². The maximum atomic E-state index is 12.3. The maximum absolute atomic E-state index is 12.3. The Morgan fingerprint density at radius 1 is 1.33 bits per heavy atom. The summed E-state index contributed by atoms with van der Waals surface area (Å²) in [7, 11) is 0. The summed E-state index contributed by atoms with van der Waals surface area (Å²) >= 11 is 3.43. The minimum Gasteiger partial charge on any atom is -0.349 e. The number of amides is 1. The van der Waals surface area contributed by atoms with Gasteiger partial charge in [-0.2, -0.15) is 0 Å². The van der Waals surface area contributed by atoms with E-state index < -0.39 is 0 Å². The van der Waals surface area contributed by atoms with Crippen LogP contribution in [-0.4, -0.2) is 11.9 Å². The van der Waals surface area contributed by atoms with E-state index >= 15 is 0 Å². The first kappa shape index (κ1) is 13.6. The topological polar surface area (TPSA) is 29.1 Å². The zero-order valence-electron chi connectivity index (χ0n) is 11.0. The molecule has 1 amide bonds. The van der Waals surface area contributed by atoms with Crippen LogP contribution in [0.2, 0.25) is 0 Å². The number of halogens is 1. The van der Waals surface area contributed by atoms with Crippen molar-refractivity contribution in [2.75, 3.05) is 0 Å². The number of hydrogen-bond donors (Lipinski definition) is 1. The fraction of sp³-hybridized carbons (Fsp3) is 0.533. The fourth-order valence-corrected chi connectivity index (χ4v) is 3.11. The molecule has 2 rings (SSSR count). The van der Waals surface area contributed by atoms with Gasteiger partial charge >= 0.3 is 0 Å². The van der Waals surface area contributed by atoms with Crippen LogP contribution in [0.3, 0.4) is 0 Å². The predicted octanol–water partition coefficient (Wildman–Crippen LogP) is 4.15. The van der Waals surface area contributed by atoms with Gasteiger partial charge < -0.3 is 5.32 Å². The molecule has 98 valence electrons. The van der Waals surface area contributed by atoms with Gasteiger partial charge in [-0.05, 0) is 46.3 Å². The van der Waals surface area contributed by atoms with Gasteiger partial charge in [0.2, 0.25) is 0 Å². The minimum atomic E-state index is 0.0300. The van der Waals surface area contributed by atoms with Crippen molar-refractivity contribution >= 4 is 21.8 Å². The second-order valence-electron chi connectivity index (χ2n) is 5.74. The van der Waals surface area contributed by atoms with Gasteiger partial charge in [0.15, 0.2) is 0 Å². The molecule has 1 aliphatic rings. The van der Waals surface area contributed by atoms with Gasteiger partial charge in [-0.1, -0.05) is 38.8 Å². The Hall–Kier alpha value is -0.830. The number of nitrogens with one attached hydrogen (secondary N) is 1. The van der Waals surface area contributed by atoms with Gasteiger partial charge in [-0.3, -0.25) is 4.79 Å². The van der Waals surface area contributed by atoms with Crippen LogP contribution in [0.1, 0.15) is 49.9 Å². The van der Waals surface area contributed by atoms with Crippen molar-refractivity contribution < 1.29 is 4.79 Å². The summed E-state index contributed by atoms with van der Waals surface area (Å²) in [6.07, 6.45) is 4.76. The van der Waals surface area contributed by atoms with E-state index in [1.807, 2.05) is 24.3 Å². The van der Waals surface area contributed by atoms with Crippen molar-refractivity contribution in [3.8, 4) is 0 Å². The molecule has 0 bridgehead atoms. The second-order valence-corrected chi connectivity index (χ2v) is 6.59. The Kier molecular flexibility index (Phi) is 4.10. The monoisotopic (exact) mass is 309 g/mol. The first-order valence-electron chi connectivity index (χ1n) is 6.56. The molecule has 1 aromatic carbocycles. The lowest BCUT2D eigenvalue weighted by atomic mass is 9.73. The van der Waals surface area contributed by atoms with Gasteiger partial charge in [0.25, 0.3) is 5.91 Å². The zero-order chi connectivity index (χ0) is 13.2. The van der Waals surface area contributed by atoms with Crippen LogP contribution in [0.5, 0.6) is 0 Å². The van der Waals surface area contributed by atoms with E-state index in [9.17, 15) is 4.79 Å². The summed E-state index contributed by atoms with van der Waals surface area (Å²) in [5.41, 5.74) is 0.925. The first-order valence-corrected chi connectivity index (χ1v) is 7.35. The predicted molar refractivity (Wildman–Crippen MR) is 77.6 cm³/mol. The zero-order valence-corrected chi connectivity index (χ0v) is 12.6. The second kappa shape index (κ2) is 5.43. The normalized spacial score (nSPS) is 22.5. The molecule has 1 saturated carbocycles. The molecule has 1 fully saturated rings. The van der Waals surface area contributed by atoms with E-state index in [2.05, 4.69) is 35.1 Å². The highest BCUT2D eigenvalue weighted by Crippen LogP contribution is 2.35. The Labute approximate surface area is 117 Å². The lowest BCUT2D eigenvalue weighted by Crippen LogP contribution is -2.46. The van der Waals surface area contributed by atoms with Crippen molar-refractivity contribution in [1.29, 1.82) is 0 Å². The molecule has 1 aliphatic carbocycles. The highest BCUT2D eigenvalue weighted by molar-refractivity contribution is 9.10. The number of carbonyl (C=O) groups is 1. The molecule has 0 aliphatic heterocycles. The Balaban J connectivity index is 2.10. The number of carbonyl (C=O) groups excluding carboxylic acids is 1. The van der Waals surface area contributed by atoms with E-state index in [1.54, 1.807) is 0 Å². The molecule has 1 atom stereocenters. The van der Waals surface area contributed by atoms with E-state index in [4.69, 9.17) is 0 Å². The third-order valence-electron chi connectivity index (χ3n) is 3.93. The third-order valence-corrected chi connectivity index (χ3v) is 4.62. The van der Waals surface area contributed by atoms with Crippen LogP contribution in [0, 0.1) is 5.41 Å². The molecule has 0 heterocycles. The van der Waals surface area contributed by atoms with Crippen LogP contribution < -0.4 is 5.32 Å². The van der Waals surface area contributed by atoms with Gasteiger partial charge in [-0.25, -0.2) is 0 Å². The Bertz CT molecular complexity index is 442. The summed E-state index contributed by atoms with van der Waals surface area (Å²) in [4.78, 5) is 12.3. The van der Waals surface area contributed by atoms with Crippen molar-refractivity contribution in [2.45, 2.75) is 45.6 Å². The molecule has 0 spiro atoms. The summed E-state index contributed by atoms with van der Waals surface area (Å²) in [6.45, 7) is 4.49. The van der Waals surface area contributed by atoms with Crippen LogP contribution in [-0.2, 0) is 0 Å². The van der Waals surface area contributed by atoms with Crippen molar-refractivity contribution in [3.63, 3.8) is 0 Å². The lowest BCUT2D eigenvalue weighted by molar-refractivity contribution is 0.0853. The average Bonchev–Trinajstić information content (AvgIpc) is 2.32. The fourth-order valence-electron chi connectivity index (χ4n) is 2.64. The summed E-state index contributed by atoms with van der Waals surface area (Å²) < 4.78 is 0.858. The van der Waals surface area contributed by atoms with Crippen molar-refractivity contribution in [2.24, 2.45) is 5.41 Å². The molecule has 18 heavy (non-hydrogen) atoms. The molecule has 1 unspecified atom stereocenters. The molecule has 1 aromatic rings. The summed E-state index contributed by atoms with van der Waals surface area (Å²) in [5.74, 6) is 0.0300. The van der Waals surface area contributed by atoms with Crippen LogP contribution >= 0.6 is 15.9 Å². The molecule has 3 heteroatoms. The molecule has 0 radical (unpaired) electrons. The largest absolute Gasteiger partial charge is 0.349 e. The van der Waals surface area contributed by atoms with E-state index in [0.717, 1.165) is 16.5 Å². The molecule has 2 nitrogen and oxygen atoms in total. The Morgan fingerprint density at radius 3 is 2.72 bits per heavy atom. The molecular formula is C15H20BrNO. The molecule has 1 N–H and O–H groups in total. The smallest absolute Gasteiger partial charge is 0.252 e. The first-order chi connectivity index (χ1) is 8.50. The van der Waals surface area contributed by atoms with Crippen molar-refractivity contribution in [1.82, 2.24) is 5.32 Å². The number of rotatable bonds is 2. The standard InChI is InChI=1S/C15H20BrNO/c1-15(2)10-6-5-9-13(15)17-14(18)11-7-3-4-8-12(11)16/h3-4,7-8,13H,5-6,9-10H2,1-2H3,(H,17,18). The quantitative estimate of drug-likeness (QED) is 0.873. The SMILES string of the molecule is CC1(C)CCCCC1NC(=O)c1ccccc1Br. The van der Waals surface area contributed by atoms with Crippen LogP contribution in [0.4, 0.5) is 0 Å². The van der Waals surface area contributed by atoms with Gasteiger partial charge in [0.1, 0.15) is 0 Å². The van der Waals surface area contributed by atoms with Crippen LogP contribution in [0.15, 0.2) is 28.7 Å². The van der Waals surface area contributed by atoms with E-state index in [0.29, 0.717) is 0 Å². The van der Waals surface area contributed by atoms with Crippen molar-refractivity contribution in [3.05, 3.63) is 34.3 Å². The average molecular weight is 310 g/mol. The molecule has 0 aromatic heterocycles. The van der Waals surface area contributed by atoms with Crippen LogP contribution in [0.25, 0.3) is 0 Å². The van der Waals surface area contributed by atoms with E-state index in [-0.39, 0.29) is 17.4 Å². The van der Waals surface area contributed by atoms with Gasteiger partial charge in [-0.15, -0.1) is 0 Å². The summed E-state index contributed by atoms with van der Waals surface area (Å²) in [6, 6.07) is 7.86. The summed E-state index contributed by atoms with van der Waals surface area (Å²) in [5, 5.41) is 3.20. The number of benzene rings is 1. The van der Waals surface area contributed by atoms with Gasteiger partial charge in [0, 0.05) is 10.5 Å². The number of hydrogen-bond acceptors (Lipinski definition) is 1. The lowest BCUT2D eigenvalue weighted by Gasteiger charge is -2.39. The molecular weight excluding hydrogens is 290 g/mol. The Morgan fingerprint density at radius 2 is 2.06 bits per heavy atom. The highest BCUT2D eigenvalue weighted by atomic mass is 79.9. The van der Waals surface area contributed by atoms with Gasteiger partial charge in [0.05, 0.1) is 5.56 Å². The molecule has 0 saturated heterocycles. The third kappa shape index (κ3) is 2.94. The highest BCUT2D eigenvalue weighted by Gasteiger charge is 2.33. The maximum Gasteiger partial charge on any atom is 0.252 e.